The zero-order chi connectivity index (χ0) is 34.4. The van der Waals surface area contributed by atoms with Gasteiger partial charge in [-0.3, -0.25) is 0 Å². The molecule has 0 radical (unpaired) electrons. The predicted molar refractivity (Wildman–Crippen MR) is 227 cm³/mol. The minimum Gasteiger partial charge on any atom is -0.310 e. The lowest BCUT2D eigenvalue weighted by atomic mass is 10.0. The lowest BCUT2D eigenvalue weighted by Gasteiger charge is -2.27. The molecular formula is C48H32N2S2. The van der Waals surface area contributed by atoms with Crippen LogP contribution < -0.4 is 9.80 Å². The Hall–Kier alpha value is -6.20. The molecule has 10 aromatic rings. The molecule has 0 saturated heterocycles. The van der Waals surface area contributed by atoms with E-state index < -0.39 is 0 Å². The van der Waals surface area contributed by atoms with E-state index in [1.165, 1.54) is 57.2 Å². The van der Waals surface area contributed by atoms with Crippen molar-refractivity contribution in [3.05, 3.63) is 194 Å². The first-order chi connectivity index (χ1) is 25.8. The lowest BCUT2D eigenvalue weighted by molar-refractivity contribution is 1.30. The van der Waals surface area contributed by atoms with Crippen molar-refractivity contribution >= 4 is 97.1 Å². The van der Waals surface area contributed by atoms with Gasteiger partial charge in [-0.2, -0.15) is 0 Å². The van der Waals surface area contributed by atoms with Gasteiger partial charge in [-0.05, 0) is 83.9 Å². The Morgan fingerprint density at radius 1 is 0.308 bits per heavy atom. The number of hydrogen-bond donors (Lipinski definition) is 0. The lowest BCUT2D eigenvalue weighted by Crippen LogP contribution is -2.10. The Bertz CT molecular complexity index is 2840. The third kappa shape index (κ3) is 5.24. The van der Waals surface area contributed by atoms with E-state index in [0.717, 1.165) is 28.4 Å². The molecule has 2 heterocycles. The first-order valence-corrected chi connectivity index (χ1v) is 19.1. The van der Waals surface area contributed by atoms with Crippen molar-refractivity contribution in [1.82, 2.24) is 0 Å². The normalized spacial score (nSPS) is 11.5. The second kappa shape index (κ2) is 12.8. The summed E-state index contributed by atoms with van der Waals surface area (Å²) < 4.78 is 5.13. The summed E-state index contributed by atoms with van der Waals surface area (Å²) in [5, 5.41) is 5.13. The maximum atomic E-state index is 2.43. The predicted octanol–water partition coefficient (Wildman–Crippen LogP) is 15.0. The zero-order valence-electron chi connectivity index (χ0n) is 28.2. The van der Waals surface area contributed by atoms with Gasteiger partial charge in [0.25, 0.3) is 0 Å². The van der Waals surface area contributed by atoms with Gasteiger partial charge in [-0.15, -0.1) is 22.7 Å². The Balaban J connectivity index is 1.16. The quantitative estimate of drug-likeness (QED) is 0.163. The first-order valence-electron chi connectivity index (χ1n) is 17.5. The van der Waals surface area contributed by atoms with E-state index in [1.54, 1.807) is 0 Å². The highest BCUT2D eigenvalue weighted by Gasteiger charge is 2.22. The molecule has 246 valence electrons. The fourth-order valence-corrected chi connectivity index (χ4v) is 9.84. The van der Waals surface area contributed by atoms with Gasteiger partial charge in [0, 0.05) is 58.4 Å². The van der Waals surface area contributed by atoms with E-state index in [0.29, 0.717) is 0 Å². The van der Waals surface area contributed by atoms with E-state index in [1.807, 2.05) is 22.7 Å². The van der Waals surface area contributed by atoms with Crippen molar-refractivity contribution in [3.63, 3.8) is 0 Å². The maximum Gasteiger partial charge on any atom is 0.0640 e. The van der Waals surface area contributed by atoms with Crippen LogP contribution in [0.1, 0.15) is 0 Å². The Labute approximate surface area is 310 Å². The molecular weight excluding hydrogens is 669 g/mol. The van der Waals surface area contributed by atoms with Gasteiger partial charge in [0.05, 0.1) is 16.1 Å². The highest BCUT2D eigenvalue weighted by molar-refractivity contribution is 7.26. The van der Waals surface area contributed by atoms with Crippen LogP contribution in [0.3, 0.4) is 0 Å². The molecule has 0 amide bonds. The molecule has 0 spiro atoms. The van der Waals surface area contributed by atoms with Crippen molar-refractivity contribution in [1.29, 1.82) is 0 Å². The van der Waals surface area contributed by atoms with E-state index in [9.17, 15) is 0 Å². The fraction of sp³-hybridized carbons (Fsp3) is 0. The van der Waals surface area contributed by atoms with Crippen LogP contribution in [0, 0.1) is 0 Å². The van der Waals surface area contributed by atoms with Gasteiger partial charge in [-0.1, -0.05) is 121 Å². The van der Waals surface area contributed by atoms with Crippen molar-refractivity contribution in [2.75, 3.05) is 9.80 Å². The molecule has 0 saturated carbocycles. The number of nitrogens with zero attached hydrogens (tertiary/aromatic N) is 2. The molecule has 2 nitrogen and oxygen atoms in total. The Morgan fingerprint density at radius 2 is 0.827 bits per heavy atom. The largest absolute Gasteiger partial charge is 0.310 e. The molecule has 0 bridgehead atoms. The zero-order valence-corrected chi connectivity index (χ0v) is 29.8. The summed E-state index contributed by atoms with van der Waals surface area (Å²) in [4.78, 5) is 4.83. The van der Waals surface area contributed by atoms with Crippen molar-refractivity contribution in [2.45, 2.75) is 0 Å². The van der Waals surface area contributed by atoms with Crippen LogP contribution in [0.4, 0.5) is 34.1 Å². The average Bonchev–Trinajstić information content (AvgIpc) is 3.79. The van der Waals surface area contributed by atoms with Crippen LogP contribution >= 0.6 is 22.7 Å². The maximum absolute atomic E-state index is 2.43. The van der Waals surface area contributed by atoms with Gasteiger partial charge >= 0.3 is 0 Å². The van der Waals surface area contributed by atoms with Crippen LogP contribution in [-0.2, 0) is 0 Å². The topological polar surface area (TPSA) is 6.48 Å². The summed E-state index contributed by atoms with van der Waals surface area (Å²) in [5.74, 6) is 0. The van der Waals surface area contributed by atoms with E-state index in [-0.39, 0.29) is 0 Å². The minimum atomic E-state index is 1.12. The highest BCUT2D eigenvalue weighted by Crippen LogP contribution is 2.50. The summed E-state index contributed by atoms with van der Waals surface area (Å²) >= 11 is 3.73. The van der Waals surface area contributed by atoms with Crippen molar-refractivity contribution in [2.24, 2.45) is 0 Å². The van der Waals surface area contributed by atoms with Gasteiger partial charge in [-0.25, -0.2) is 0 Å². The summed E-state index contributed by atoms with van der Waals surface area (Å²) in [6.45, 7) is 0. The van der Waals surface area contributed by atoms with Gasteiger partial charge in [0.15, 0.2) is 0 Å². The molecule has 0 aliphatic heterocycles. The van der Waals surface area contributed by atoms with Crippen molar-refractivity contribution < 1.29 is 0 Å². The SMILES string of the molecule is c1ccc(-c2ccc(N(c3ccccc3)c3cccc4sc5c(N(c6ccccc6)c6ccc7c(c6)sc6ccccc67)cccc5c34)cc2)cc1. The molecule has 0 fully saturated rings. The molecule has 52 heavy (non-hydrogen) atoms. The molecule has 2 aromatic heterocycles. The average molecular weight is 701 g/mol. The van der Waals surface area contributed by atoms with E-state index in [2.05, 4.69) is 204 Å². The molecule has 10 rings (SSSR count). The number of rotatable bonds is 7. The molecule has 0 aliphatic carbocycles. The summed E-state index contributed by atoms with van der Waals surface area (Å²) in [6, 6.07) is 70.2. The van der Waals surface area contributed by atoms with Crippen LogP contribution in [0.5, 0.6) is 0 Å². The Morgan fingerprint density at radius 3 is 1.58 bits per heavy atom. The second-order valence-corrected chi connectivity index (χ2v) is 15.1. The minimum absolute atomic E-state index is 1.12. The number of anilines is 6. The Kier molecular flexibility index (Phi) is 7.56. The van der Waals surface area contributed by atoms with Gasteiger partial charge < -0.3 is 9.80 Å². The van der Waals surface area contributed by atoms with E-state index >= 15 is 0 Å². The number of fused-ring (bicyclic) bond motifs is 6. The number of benzene rings is 8. The van der Waals surface area contributed by atoms with Crippen LogP contribution in [0.25, 0.3) is 51.5 Å². The molecule has 0 N–H and O–H groups in total. The second-order valence-electron chi connectivity index (χ2n) is 12.9. The van der Waals surface area contributed by atoms with Crippen molar-refractivity contribution in [3.8, 4) is 11.1 Å². The summed E-state index contributed by atoms with van der Waals surface area (Å²) in [6.07, 6.45) is 0. The number of para-hydroxylation sites is 2. The third-order valence-corrected chi connectivity index (χ3v) is 12.2. The molecule has 0 aliphatic rings. The molecule has 8 aromatic carbocycles. The monoisotopic (exact) mass is 700 g/mol. The summed E-state index contributed by atoms with van der Waals surface area (Å²) in [7, 11) is 0. The molecule has 0 atom stereocenters. The van der Waals surface area contributed by atoms with Crippen LogP contribution in [-0.4, -0.2) is 0 Å². The van der Waals surface area contributed by atoms with E-state index in [4.69, 9.17) is 0 Å². The fourth-order valence-electron chi connectivity index (χ4n) is 7.47. The van der Waals surface area contributed by atoms with Crippen LogP contribution in [0.2, 0.25) is 0 Å². The first kappa shape index (κ1) is 30.6. The molecule has 0 unspecified atom stereocenters. The van der Waals surface area contributed by atoms with Gasteiger partial charge in [0.1, 0.15) is 0 Å². The summed E-state index contributed by atoms with van der Waals surface area (Å²) in [5.41, 5.74) is 9.30. The number of hydrogen-bond acceptors (Lipinski definition) is 4. The third-order valence-electron chi connectivity index (χ3n) is 9.84. The van der Waals surface area contributed by atoms with Crippen LogP contribution in [0.15, 0.2) is 194 Å². The highest BCUT2D eigenvalue weighted by atomic mass is 32.1. The molecule has 4 heteroatoms. The standard InChI is InChI=1S/C48H32N2S2/c1-4-14-33(15-5-1)34-26-28-37(29-27-34)49(35-16-6-2-7-17-35)42-22-13-25-45-47(42)41-21-12-23-43(48(41)52-45)50(36-18-8-3-9-19-36)38-30-31-40-39-20-10-11-24-44(39)51-46(40)32-38/h1-32H. The van der Waals surface area contributed by atoms with Gasteiger partial charge in [0.2, 0.25) is 0 Å². The smallest absolute Gasteiger partial charge is 0.0640 e. The number of thiophene rings is 2.